The summed E-state index contributed by atoms with van der Waals surface area (Å²) in [5, 5.41) is 4.69. The Labute approximate surface area is 153 Å². The topological polar surface area (TPSA) is 64.6 Å². The van der Waals surface area contributed by atoms with Crippen molar-refractivity contribution in [2.24, 2.45) is 0 Å². The van der Waals surface area contributed by atoms with Gasteiger partial charge >= 0.3 is 5.97 Å². The van der Waals surface area contributed by atoms with Crippen LogP contribution >= 0.6 is 27.3 Å². The zero-order chi connectivity index (χ0) is 17.5. The average Bonchev–Trinajstić information content (AvgIpc) is 3.12. The molecule has 24 heavy (non-hydrogen) atoms. The average molecular weight is 412 g/mol. The zero-order valence-electron chi connectivity index (χ0n) is 13.4. The molecule has 128 valence electrons. The molecule has 1 amide bonds. The minimum Gasteiger partial charge on any atom is -0.467 e. The van der Waals surface area contributed by atoms with Crippen LogP contribution in [0.4, 0.5) is 0 Å². The SMILES string of the molecule is COCCC(NC(=O)c1ccc(Br)cc1-c1cccs1)C(=O)OC. The second-order valence-electron chi connectivity index (χ2n) is 5.00. The summed E-state index contributed by atoms with van der Waals surface area (Å²) in [7, 11) is 2.84. The van der Waals surface area contributed by atoms with Gasteiger partial charge in [0.2, 0.25) is 0 Å². The number of hydrogen-bond acceptors (Lipinski definition) is 5. The van der Waals surface area contributed by atoms with E-state index in [0.717, 1.165) is 14.9 Å². The summed E-state index contributed by atoms with van der Waals surface area (Å²) in [6.45, 7) is 0.345. The number of rotatable bonds is 7. The molecule has 1 heterocycles. The van der Waals surface area contributed by atoms with Crippen molar-refractivity contribution in [1.82, 2.24) is 5.32 Å². The third-order valence-electron chi connectivity index (χ3n) is 3.41. The molecule has 0 fully saturated rings. The smallest absolute Gasteiger partial charge is 0.328 e. The molecule has 1 unspecified atom stereocenters. The van der Waals surface area contributed by atoms with Gasteiger partial charge in [-0.25, -0.2) is 4.79 Å². The van der Waals surface area contributed by atoms with Crippen LogP contribution < -0.4 is 5.32 Å². The Kier molecular flexibility index (Phi) is 6.96. The molecule has 0 aliphatic heterocycles. The first-order chi connectivity index (χ1) is 11.6. The molecule has 5 nitrogen and oxygen atoms in total. The molecule has 1 atom stereocenters. The third kappa shape index (κ3) is 4.66. The highest BCUT2D eigenvalue weighted by atomic mass is 79.9. The van der Waals surface area contributed by atoms with E-state index in [4.69, 9.17) is 9.47 Å². The summed E-state index contributed by atoms with van der Waals surface area (Å²) in [4.78, 5) is 25.5. The first kappa shape index (κ1) is 18.6. The summed E-state index contributed by atoms with van der Waals surface area (Å²) >= 11 is 4.98. The lowest BCUT2D eigenvalue weighted by Gasteiger charge is -2.17. The van der Waals surface area contributed by atoms with Crippen molar-refractivity contribution in [2.45, 2.75) is 12.5 Å². The summed E-state index contributed by atoms with van der Waals surface area (Å²) in [6, 6.07) is 8.56. The van der Waals surface area contributed by atoms with E-state index in [1.165, 1.54) is 7.11 Å². The summed E-state index contributed by atoms with van der Waals surface area (Å²) in [6.07, 6.45) is 0.347. The van der Waals surface area contributed by atoms with Gasteiger partial charge in [-0.3, -0.25) is 4.79 Å². The summed E-state index contributed by atoms with van der Waals surface area (Å²) < 4.78 is 10.6. The van der Waals surface area contributed by atoms with Crippen molar-refractivity contribution in [1.29, 1.82) is 0 Å². The monoisotopic (exact) mass is 411 g/mol. The number of benzene rings is 1. The van der Waals surface area contributed by atoms with E-state index in [0.29, 0.717) is 18.6 Å². The summed E-state index contributed by atoms with van der Waals surface area (Å²) in [5.74, 6) is -0.812. The van der Waals surface area contributed by atoms with E-state index in [-0.39, 0.29) is 5.91 Å². The van der Waals surface area contributed by atoms with Gasteiger partial charge in [0, 0.05) is 40.6 Å². The second kappa shape index (κ2) is 8.96. The number of halogens is 1. The fourth-order valence-electron chi connectivity index (χ4n) is 2.21. The van der Waals surface area contributed by atoms with Gasteiger partial charge in [-0.2, -0.15) is 0 Å². The van der Waals surface area contributed by atoms with E-state index >= 15 is 0 Å². The lowest BCUT2D eigenvalue weighted by Crippen LogP contribution is -2.42. The number of amides is 1. The fourth-order valence-corrected chi connectivity index (χ4v) is 3.33. The number of thiophene rings is 1. The van der Waals surface area contributed by atoms with Gasteiger partial charge in [-0.15, -0.1) is 11.3 Å². The number of hydrogen-bond donors (Lipinski definition) is 1. The maximum atomic E-state index is 12.7. The van der Waals surface area contributed by atoms with E-state index in [2.05, 4.69) is 21.2 Å². The lowest BCUT2D eigenvalue weighted by atomic mass is 10.0. The molecule has 1 aromatic heterocycles. The molecule has 0 aliphatic rings. The van der Waals surface area contributed by atoms with Crippen molar-refractivity contribution in [3.8, 4) is 10.4 Å². The van der Waals surface area contributed by atoms with Crippen molar-refractivity contribution < 1.29 is 19.1 Å². The largest absolute Gasteiger partial charge is 0.467 e. The Bertz CT molecular complexity index is 703. The van der Waals surface area contributed by atoms with Crippen LogP contribution in [-0.2, 0) is 14.3 Å². The molecule has 2 rings (SSSR count). The van der Waals surface area contributed by atoms with Crippen LogP contribution in [0.2, 0.25) is 0 Å². The molecular weight excluding hydrogens is 394 g/mol. The maximum absolute atomic E-state index is 12.7. The Hall–Kier alpha value is -1.70. The predicted molar refractivity (Wildman–Crippen MR) is 97.2 cm³/mol. The van der Waals surface area contributed by atoms with Gasteiger partial charge in [-0.1, -0.05) is 22.0 Å². The summed E-state index contributed by atoms with van der Waals surface area (Å²) in [5.41, 5.74) is 1.32. The normalized spacial score (nSPS) is 11.8. The van der Waals surface area contributed by atoms with Crippen molar-refractivity contribution in [3.63, 3.8) is 0 Å². The van der Waals surface area contributed by atoms with Crippen molar-refractivity contribution in [3.05, 3.63) is 45.7 Å². The van der Waals surface area contributed by atoms with Crippen molar-refractivity contribution >= 4 is 39.1 Å². The lowest BCUT2D eigenvalue weighted by molar-refractivity contribution is -0.143. The molecule has 0 saturated heterocycles. The second-order valence-corrected chi connectivity index (χ2v) is 6.86. The number of methoxy groups -OCH3 is 2. The first-order valence-electron chi connectivity index (χ1n) is 7.28. The number of nitrogens with one attached hydrogen (secondary N) is 1. The van der Waals surface area contributed by atoms with Gasteiger partial charge in [0.05, 0.1) is 7.11 Å². The molecule has 0 aliphatic carbocycles. The number of ether oxygens (including phenoxy) is 2. The molecule has 2 aromatic rings. The highest BCUT2D eigenvalue weighted by Gasteiger charge is 2.23. The Morgan fingerprint density at radius 1 is 1.29 bits per heavy atom. The van der Waals surface area contributed by atoms with E-state index in [9.17, 15) is 9.59 Å². The standard InChI is InChI=1S/C17H18BrNO4S/c1-22-8-7-14(17(21)23-2)19-16(20)12-6-5-11(18)10-13(12)15-4-3-9-24-15/h3-6,9-10,14H,7-8H2,1-2H3,(H,19,20). The number of carbonyl (C=O) groups excluding carboxylic acids is 2. The van der Waals surface area contributed by atoms with Crippen LogP contribution in [0.5, 0.6) is 0 Å². The van der Waals surface area contributed by atoms with Crippen LogP contribution in [0.1, 0.15) is 16.8 Å². The first-order valence-corrected chi connectivity index (χ1v) is 8.95. The number of esters is 1. The van der Waals surface area contributed by atoms with Crippen LogP contribution in [0.3, 0.4) is 0 Å². The molecule has 1 aromatic carbocycles. The van der Waals surface area contributed by atoms with Crippen LogP contribution in [-0.4, -0.2) is 38.7 Å². The van der Waals surface area contributed by atoms with E-state index in [1.807, 2.05) is 23.6 Å². The minimum atomic E-state index is -0.748. The molecule has 1 N–H and O–H groups in total. The Balaban J connectivity index is 2.27. The third-order valence-corrected chi connectivity index (χ3v) is 4.81. The molecule has 0 saturated carbocycles. The minimum absolute atomic E-state index is 0.322. The van der Waals surface area contributed by atoms with Gasteiger partial charge < -0.3 is 14.8 Å². The number of carbonyl (C=O) groups is 2. The highest BCUT2D eigenvalue weighted by Crippen LogP contribution is 2.30. The van der Waals surface area contributed by atoms with Crippen LogP contribution in [0, 0.1) is 0 Å². The van der Waals surface area contributed by atoms with Crippen LogP contribution in [0.15, 0.2) is 40.2 Å². The van der Waals surface area contributed by atoms with Crippen molar-refractivity contribution in [2.75, 3.05) is 20.8 Å². The molecule has 7 heteroatoms. The fraction of sp³-hybridized carbons (Fsp3) is 0.294. The van der Waals surface area contributed by atoms with Gasteiger partial charge in [0.1, 0.15) is 6.04 Å². The molecule has 0 bridgehead atoms. The van der Waals surface area contributed by atoms with Gasteiger partial charge in [-0.05, 0) is 29.6 Å². The predicted octanol–water partition coefficient (Wildman–Crippen LogP) is 3.49. The van der Waals surface area contributed by atoms with Crippen LogP contribution in [0.25, 0.3) is 10.4 Å². The molecule has 0 spiro atoms. The maximum Gasteiger partial charge on any atom is 0.328 e. The molecular formula is C17H18BrNO4S. The Morgan fingerprint density at radius 3 is 2.71 bits per heavy atom. The van der Waals surface area contributed by atoms with Gasteiger partial charge in [0.25, 0.3) is 5.91 Å². The van der Waals surface area contributed by atoms with E-state index in [1.54, 1.807) is 30.6 Å². The highest BCUT2D eigenvalue weighted by molar-refractivity contribution is 9.10. The van der Waals surface area contributed by atoms with E-state index < -0.39 is 12.0 Å². The Morgan fingerprint density at radius 2 is 2.08 bits per heavy atom. The zero-order valence-corrected chi connectivity index (χ0v) is 15.8. The quantitative estimate of drug-likeness (QED) is 0.708. The molecule has 0 radical (unpaired) electrons. The van der Waals surface area contributed by atoms with Gasteiger partial charge in [0.15, 0.2) is 0 Å².